The van der Waals surface area contributed by atoms with Crippen molar-refractivity contribution in [1.82, 2.24) is 30.2 Å². The molecule has 12 heteroatoms. The lowest BCUT2D eigenvalue weighted by molar-refractivity contribution is 0.188. The number of halogens is 1. The summed E-state index contributed by atoms with van der Waals surface area (Å²) < 4.78 is 12.3. The Morgan fingerprint density at radius 2 is 2.30 bits per heavy atom. The van der Waals surface area contributed by atoms with Crippen molar-refractivity contribution in [3.05, 3.63) is 11.3 Å². The largest absolute Gasteiger partial charge is 0.490 e. The van der Waals surface area contributed by atoms with Crippen LogP contribution < -0.4 is 15.8 Å². The maximum absolute atomic E-state index is 10.7. The van der Waals surface area contributed by atoms with Crippen LogP contribution in [0.1, 0.15) is 20.3 Å². The molecular formula is C15H18ClN7O4. The van der Waals surface area contributed by atoms with Gasteiger partial charge in [0, 0.05) is 19.0 Å². The van der Waals surface area contributed by atoms with Crippen LogP contribution in [0.5, 0.6) is 5.75 Å². The number of rotatable bonds is 7. The Labute approximate surface area is 158 Å². The molecule has 0 saturated carbocycles. The van der Waals surface area contributed by atoms with Gasteiger partial charge in [0.2, 0.25) is 0 Å². The number of ether oxygens (including phenoxy) is 1. The molecule has 11 nitrogen and oxygen atoms in total. The molecule has 3 aromatic heterocycles. The molecule has 3 aromatic rings. The molecule has 0 spiro atoms. The minimum absolute atomic E-state index is 0.111. The first-order chi connectivity index (χ1) is 12.9. The topological polar surface area (TPSA) is 154 Å². The summed E-state index contributed by atoms with van der Waals surface area (Å²) in [6.45, 7) is 4.48. The van der Waals surface area contributed by atoms with E-state index in [1.54, 1.807) is 6.92 Å². The number of aromatic nitrogens is 5. The third-order valence-corrected chi connectivity index (χ3v) is 4.19. The van der Waals surface area contributed by atoms with E-state index >= 15 is 0 Å². The summed E-state index contributed by atoms with van der Waals surface area (Å²) in [7, 11) is 0. The van der Waals surface area contributed by atoms with Gasteiger partial charge in [-0.15, -0.1) is 0 Å². The molecule has 0 bridgehead atoms. The standard InChI is InChI=1S/C15H18ClN7O4/c1-3-23-11-8(26-5-4-7(2)19-15(24)25)6-18-12(16)9(11)20-14(23)10-13(17)22-27-21-10/h6-7,19H,3-5H2,1-2H3,(H2,17,22)(H,24,25)/t7-/m0/s1. The van der Waals surface area contributed by atoms with E-state index in [0.717, 1.165) is 0 Å². The molecule has 0 radical (unpaired) electrons. The van der Waals surface area contributed by atoms with Crippen LogP contribution in [-0.4, -0.2) is 48.7 Å². The van der Waals surface area contributed by atoms with Gasteiger partial charge in [0.1, 0.15) is 11.0 Å². The van der Waals surface area contributed by atoms with E-state index in [2.05, 4.69) is 30.2 Å². The molecule has 0 unspecified atom stereocenters. The first-order valence-electron chi connectivity index (χ1n) is 8.17. The minimum Gasteiger partial charge on any atom is -0.490 e. The molecule has 0 fully saturated rings. The zero-order valence-electron chi connectivity index (χ0n) is 14.6. The SMILES string of the molecule is CCn1c(-c2nonc2N)nc2c(Cl)ncc(OCC[C@H](C)NC(=O)O)c21. The van der Waals surface area contributed by atoms with Crippen LogP contribution in [0, 0.1) is 0 Å². The molecule has 0 aliphatic heterocycles. The Morgan fingerprint density at radius 3 is 2.93 bits per heavy atom. The lowest BCUT2D eigenvalue weighted by Crippen LogP contribution is -2.32. The smallest absolute Gasteiger partial charge is 0.404 e. The highest BCUT2D eigenvalue weighted by Crippen LogP contribution is 2.34. The molecule has 3 rings (SSSR count). The number of hydrogen-bond donors (Lipinski definition) is 3. The number of hydrogen-bond acceptors (Lipinski definition) is 8. The number of carboxylic acid groups (broad SMARTS) is 1. The Balaban J connectivity index is 1.95. The van der Waals surface area contributed by atoms with E-state index in [1.807, 2.05) is 11.5 Å². The van der Waals surface area contributed by atoms with E-state index in [1.165, 1.54) is 6.20 Å². The second-order valence-corrected chi connectivity index (χ2v) is 6.13. The molecule has 0 saturated heterocycles. The highest BCUT2D eigenvalue weighted by molar-refractivity contribution is 6.34. The van der Waals surface area contributed by atoms with Crippen LogP contribution >= 0.6 is 11.6 Å². The van der Waals surface area contributed by atoms with Gasteiger partial charge in [-0.25, -0.2) is 19.4 Å². The van der Waals surface area contributed by atoms with Crippen molar-refractivity contribution in [3.8, 4) is 17.3 Å². The number of imidazole rings is 1. The number of pyridine rings is 1. The Hall–Kier alpha value is -3.08. The third kappa shape index (κ3) is 3.72. The summed E-state index contributed by atoms with van der Waals surface area (Å²) in [5.41, 5.74) is 7.16. The monoisotopic (exact) mass is 395 g/mol. The number of nitrogens with two attached hydrogens (primary N) is 1. The zero-order valence-corrected chi connectivity index (χ0v) is 15.4. The molecule has 1 atom stereocenters. The number of nitrogens with zero attached hydrogens (tertiary/aromatic N) is 5. The van der Waals surface area contributed by atoms with Gasteiger partial charge in [0.25, 0.3) is 0 Å². The number of nitrogen functional groups attached to an aromatic ring is 1. The van der Waals surface area contributed by atoms with Gasteiger partial charge in [0.15, 0.2) is 28.2 Å². The van der Waals surface area contributed by atoms with Crippen molar-refractivity contribution in [2.24, 2.45) is 0 Å². The predicted molar refractivity (Wildman–Crippen MR) is 96.7 cm³/mol. The normalized spacial score (nSPS) is 12.3. The number of fused-ring (bicyclic) bond motifs is 1. The molecule has 0 aliphatic rings. The van der Waals surface area contributed by atoms with E-state index in [0.29, 0.717) is 41.3 Å². The van der Waals surface area contributed by atoms with E-state index < -0.39 is 6.09 Å². The highest BCUT2D eigenvalue weighted by atomic mass is 35.5. The fourth-order valence-electron chi connectivity index (χ4n) is 2.66. The lowest BCUT2D eigenvalue weighted by Gasteiger charge is -2.13. The maximum Gasteiger partial charge on any atom is 0.404 e. The van der Waals surface area contributed by atoms with Gasteiger partial charge in [-0.1, -0.05) is 11.6 Å². The fourth-order valence-corrected chi connectivity index (χ4v) is 2.84. The van der Waals surface area contributed by atoms with Gasteiger partial charge in [-0.2, -0.15) is 0 Å². The van der Waals surface area contributed by atoms with Crippen LogP contribution in [0.25, 0.3) is 22.6 Å². The maximum atomic E-state index is 10.7. The van der Waals surface area contributed by atoms with Gasteiger partial charge >= 0.3 is 6.09 Å². The number of amides is 1. The quantitative estimate of drug-likeness (QED) is 0.510. The van der Waals surface area contributed by atoms with Crippen molar-refractivity contribution in [1.29, 1.82) is 0 Å². The molecule has 0 aliphatic carbocycles. The lowest BCUT2D eigenvalue weighted by atomic mass is 10.2. The van der Waals surface area contributed by atoms with E-state index in [4.69, 9.17) is 27.2 Å². The summed E-state index contributed by atoms with van der Waals surface area (Å²) >= 11 is 6.21. The summed E-state index contributed by atoms with van der Waals surface area (Å²) in [5, 5.41) is 18.7. The summed E-state index contributed by atoms with van der Waals surface area (Å²) in [6, 6.07) is -0.258. The Kier molecular flexibility index (Phi) is 5.31. The molecule has 3 heterocycles. The van der Waals surface area contributed by atoms with Crippen molar-refractivity contribution in [3.63, 3.8) is 0 Å². The molecule has 0 aromatic carbocycles. The summed E-state index contributed by atoms with van der Waals surface area (Å²) in [6.07, 6.45) is 0.900. The minimum atomic E-state index is -1.08. The Morgan fingerprint density at radius 1 is 1.52 bits per heavy atom. The van der Waals surface area contributed by atoms with Gasteiger partial charge in [0.05, 0.1) is 12.8 Å². The zero-order chi connectivity index (χ0) is 19.6. The van der Waals surface area contributed by atoms with Gasteiger partial charge in [-0.05, 0) is 24.2 Å². The first kappa shape index (κ1) is 18.7. The molecule has 4 N–H and O–H groups in total. The first-order valence-corrected chi connectivity index (χ1v) is 8.55. The molecular weight excluding hydrogens is 378 g/mol. The number of aryl methyl sites for hydroxylation is 1. The fraction of sp³-hybridized carbons (Fsp3) is 0.400. The van der Waals surface area contributed by atoms with Crippen LogP contribution in [0.3, 0.4) is 0 Å². The highest BCUT2D eigenvalue weighted by Gasteiger charge is 2.23. The second kappa shape index (κ2) is 7.66. The third-order valence-electron chi connectivity index (χ3n) is 3.91. The summed E-state index contributed by atoms with van der Waals surface area (Å²) in [5.74, 6) is 1.01. The van der Waals surface area contributed by atoms with Crippen LogP contribution in [-0.2, 0) is 6.54 Å². The van der Waals surface area contributed by atoms with Crippen LogP contribution in [0.2, 0.25) is 5.15 Å². The second-order valence-electron chi connectivity index (χ2n) is 5.78. The number of carbonyl (C=O) groups is 1. The van der Waals surface area contributed by atoms with E-state index in [-0.39, 0.29) is 23.6 Å². The van der Waals surface area contributed by atoms with Crippen molar-refractivity contribution in [2.45, 2.75) is 32.9 Å². The van der Waals surface area contributed by atoms with Crippen molar-refractivity contribution < 1.29 is 19.3 Å². The molecule has 27 heavy (non-hydrogen) atoms. The average molecular weight is 396 g/mol. The number of nitrogens with one attached hydrogen (secondary N) is 1. The van der Waals surface area contributed by atoms with Gasteiger partial charge < -0.3 is 25.5 Å². The van der Waals surface area contributed by atoms with E-state index in [9.17, 15) is 4.79 Å². The van der Waals surface area contributed by atoms with Crippen LogP contribution in [0.4, 0.5) is 10.6 Å². The molecule has 144 valence electrons. The van der Waals surface area contributed by atoms with Gasteiger partial charge in [-0.3, -0.25) is 0 Å². The number of anilines is 1. The average Bonchev–Trinajstić information content (AvgIpc) is 3.19. The van der Waals surface area contributed by atoms with Crippen molar-refractivity contribution >= 4 is 34.5 Å². The van der Waals surface area contributed by atoms with Crippen molar-refractivity contribution in [2.75, 3.05) is 12.3 Å². The molecule has 1 amide bonds. The van der Waals surface area contributed by atoms with Crippen LogP contribution in [0.15, 0.2) is 10.8 Å². The Bertz CT molecular complexity index is 971. The summed E-state index contributed by atoms with van der Waals surface area (Å²) in [4.78, 5) is 19.3. The predicted octanol–water partition coefficient (Wildman–Crippen LogP) is 2.16.